The van der Waals surface area contributed by atoms with E-state index in [9.17, 15) is 9.59 Å². The maximum Gasteiger partial charge on any atom is 0.307 e. The van der Waals surface area contributed by atoms with Gasteiger partial charge >= 0.3 is 5.97 Å². The number of carbonyl (C=O) groups is 2. The number of aryl methyl sites for hydroxylation is 1. The molecule has 0 saturated heterocycles. The number of hydrogen-bond acceptors (Lipinski definition) is 3. The summed E-state index contributed by atoms with van der Waals surface area (Å²) in [4.78, 5) is 26.2. The summed E-state index contributed by atoms with van der Waals surface area (Å²) in [6.45, 7) is 5.23. The van der Waals surface area contributed by atoms with Gasteiger partial charge in [0.15, 0.2) is 0 Å². The van der Waals surface area contributed by atoms with E-state index in [1.165, 1.54) is 24.0 Å². The molecule has 0 saturated carbocycles. The van der Waals surface area contributed by atoms with E-state index in [1.54, 1.807) is 17.9 Å². The summed E-state index contributed by atoms with van der Waals surface area (Å²) >= 11 is 0. The van der Waals surface area contributed by atoms with Crippen molar-refractivity contribution in [3.8, 4) is 0 Å². The maximum atomic E-state index is 12.7. The first-order valence-electron chi connectivity index (χ1n) is 9.95. The van der Waals surface area contributed by atoms with Gasteiger partial charge in [-0.3, -0.25) is 9.59 Å². The number of allylic oxidation sites excluding steroid dienone is 1. The molecule has 4 heteroatoms. The van der Waals surface area contributed by atoms with E-state index in [4.69, 9.17) is 4.74 Å². The second kappa shape index (κ2) is 11.4. The largest absolute Gasteiger partial charge is 0.466 e. The van der Waals surface area contributed by atoms with Crippen LogP contribution in [-0.2, 0) is 14.3 Å². The standard InChI is InChI=1S/C23H31NO3/c1-3-27-23(26)16-18-24(17-15-20-7-5-4-6-8-20)22(25)14-13-21-11-9-19(2)10-12-21/h7,9-14H,3-6,8,15-18H2,1-2H3/b14-13+. The van der Waals surface area contributed by atoms with Gasteiger partial charge in [-0.1, -0.05) is 41.5 Å². The van der Waals surface area contributed by atoms with Crippen LogP contribution in [0.1, 0.15) is 56.6 Å². The molecule has 2 rings (SSSR count). The van der Waals surface area contributed by atoms with Crippen LogP contribution in [0.3, 0.4) is 0 Å². The van der Waals surface area contributed by atoms with Gasteiger partial charge in [-0.2, -0.15) is 0 Å². The lowest BCUT2D eigenvalue weighted by atomic mass is 9.97. The summed E-state index contributed by atoms with van der Waals surface area (Å²) in [5.41, 5.74) is 3.61. The predicted octanol–water partition coefficient (Wildman–Crippen LogP) is 4.68. The van der Waals surface area contributed by atoms with Crippen molar-refractivity contribution in [1.82, 2.24) is 4.90 Å². The Bertz CT molecular complexity index is 673. The second-order valence-electron chi connectivity index (χ2n) is 6.98. The number of rotatable bonds is 9. The smallest absolute Gasteiger partial charge is 0.307 e. The molecule has 0 fully saturated rings. The van der Waals surface area contributed by atoms with Crippen LogP contribution in [-0.4, -0.2) is 36.5 Å². The molecule has 27 heavy (non-hydrogen) atoms. The Kier molecular flexibility index (Phi) is 8.82. The lowest BCUT2D eigenvalue weighted by molar-refractivity contribution is -0.143. The lowest BCUT2D eigenvalue weighted by Gasteiger charge is -2.22. The third kappa shape index (κ3) is 7.81. The zero-order valence-electron chi connectivity index (χ0n) is 16.6. The molecule has 146 valence electrons. The van der Waals surface area contributed by atoms with E-state index in [0.717, 1.165) is 24.8 Å². The van der Waals surface area contributed by atoms with E-state index in [1.807, 2.05) is 37.3 Å². The van der Waals surface area contributed by atoms with Crippen LogP contribution in [0.15, 0.2) is 42.0 Å². The summed E-state index contributed by atoms with van der Waals surface area (Å²) in [5, 5.41) is 0. The molecule has 0 N–H and O–H groups in total. The van der Waals surface area contributed by atoms with Gasteiger partial charge in [0.2, 0.25) is 5.91 Å². The van der Waals surface area contributed by atoms with Crippen molar-refractivity contribution >= 4 is 18.0 Å². The minimum atomic E-state index is -0.255. The van der Waals surface area contributed by atoms with E-state index >= 15 is 0 Å². The van der Waals surface area contributed by atoms with Gasteiger partial charge in [0, 0.05) is 19.2 Å². The van der Waals surface area contributed by atoms with Crippen molar-refractivity contribution in [2.75, 3.05) is 19.7 Å². The molecule has 0 heterocycles. The van der Waals surface area contributed by atoms with Crippen molar-refractivity contribution in [1.29, 1.82) is 0 Å². The van der Waals surface area contributed by atoms with Crippen LogP contribution in [0.4, 0.5) is 0 Å². The van der Waals surface area contributed by atoms with Crippen molar-refractivity contribution in [2.24, 2.45) is 0 Å². The lowest BCUT2D eigenvalue weighted by Crippen LogP contribution is -2.33. The summed E-state index contributed by atoms with van der Waals surface area (Å²) < 4.78 is 5.00. The van der Waals surface area contributed by atoms with Gasteiger partial charge in [0.25, 0.3) is 0 Å². The van der Waals surface area contributed by atoms with Gasteiger partial charge < -0.3 is 9.64 Å². The summed E-state index contributed by atoms with van der Waals surface area (Å²) in [6, 6.07) is 8.04. The quantitative estimate of drug-likeness (QED) is 0.361. The van der Waals surface area contributed by atoms with Crippen LogP contribution in [0, 0.1) is 6.92 Å². The fourth-order valence-electron chi connectivity index (χ4n) is 3.15. The summed E-state index contributed by atoms with van der Waals surface area (Å²) in [7, 11) is 0. The first kappa shape index (κ1) is 20.9. The number of esters is 1. The van der Waals surface area contributed by atoms with Crippen molar-refractivity contribution in [2.45, 2.75) is 52.4 Å². The second-order valence-corrected chi connectivity index (χ2v) is 6.98. The van der Waals surface area contributed by atoms with Crippen LogP contribution in [0.2, 0.25) is 0 Å². The Balaban J connectivity index is 1.97. The summed E-state index contributed by atoms with van der Waals surface area (Å²) in [6.07, 6.45) is 11.6. The number of hydrogen-bond donors (Lipinski definition) is 0. The molecule has 1 aromatic carbocycles. The molecular formula is C23H31NO3. The van der Waals surface area contributed by atoms with Gasteiger partial charge in [-0.25, -0.2) is 0 Å². The fourth-order valence-corrected chi connectivity index (χ4v) is 3.15. The highest BCUT2D eigenvalue weighted by Gasteiger charge is 2.14. The molecule has 0 atom stereocenters. The van der Waals surface area contributed by atoms with Crippen molar-refractivity contribution < 1.29 is 14.3 Å². The van der Waals surface area contributed by atoms with Crippen LogP contribution < -0.4 is 0 Å². The number of amides is 1. The van der Waals surface area contributed by atoms with Crippen LogP contribution >= 0.6 is 0 Å². The van der Waals surface area contributed by atoms with Gasteiger partial charge in [-0.15, -0.1) is 0 Å². The molecular weight excluding hydrogens is 338 g/mol. The van der Waals surface area contributed by atoms with E-state index in [2.05, 4.69) is 6.08 Å². The third-order valence-electron chi connectivity index (χ3n) is 4.79. The molecule has 0 unspecified atom stereocenters. The zero-order chi connectivity index (χ0) is 19.5. The van der Waals surface area contributed by atoms with Crippen LogP contribution in [0.5, 0.6) is 0 Å². The number of nitrogens with zero attached hydrogens (tertiary/aromatic N) is 1. The Morgan fingerprint density at radius 1 is 1.15 bits per heavy atom. The number of carbonyl (C=O) groups excluding carboxylic acids is 2. The van der Waals surface area contributed by atoms with E-state index in [-0.39, 0.29) is 18.3 Å². The van der Waals surface area contributed by atoms with Crippen molar-refractivity contribution in [3.63, 3.8) is 0 Å². The molecule has 0 bridgehead atoms. The highest BCUT2D eigenvalue weighted by atomic mass is 16.5. The highest BCUT2D eigenvalue weighted by molar-refractivity contribution is 5.92. The highest BCUT2D eigenvalue weighted by Crippen LogP contribution is 2.20. The molecule has 0 aromatic heterocycles. The zero-order valence-corrected chi connectivity index (χ0v) is 16.6. The molecule has 1 aromatic rings. The van der Waals surface area contributed by atoms with E-state index in [0.29, 0.717) is 19.7 Å². The first-order chi connectivity index (χ1) is 13.1. The Morgan fingerprint density at radius 2 is 1.93 bits per heavy atom. The minimum Gasteiger partial charge on any atom is -0.466 e. The first-order valence-corrected chi connectivity index (χ1v) is 9.95. The van der Waals surface area contributed by atoms with Gasteiger partial charge in [0.1, 0.15) is 0 Å². The van der Waals surface area contributed by atoms with Gasteiger partial charge in [-0.05, 0) is 57.6 Å². The Morgan fingerprint density at radius 3 is 2.59 bits per heavy atom. The average Bonchev–Trinajstić information content (AvgIpc) is 2.68. The molecule has 0 radical (unpaired) electrons. The molecule has 1 aliphatic carbocycles. The third-order valence-corrected chi connectivity index (χ3v) is 4.79. The number of ether oxygens (including phenoxy) is 1. The molecule has 1 amide bonds. The molecule has 0 aliphatic heterocycles. The topological polar surface area (TPSA) is 46.6 Å². The fraction of sp³-hybridized carbons (Fsp3) is 0.478. The Labute approximate surface area is 162 Å². The Hall–Kier alpha value is -2.36. The van der Waals surface area contributed by atoms with Crippen molar-refractivity contribution in [3.05, 3.63) is 53.1 Å². The average molecular weight is 370 g/mol. The summed E-state index contributed by atoms with van der Waals surface area (Å²) in [5.74, 6) is -0.314. The predicted molar refractivity (Wildman–Crippen MR) is 109 cm³/mol. The SMILES string of the molecule is CCOC(=O)CCN(CCC1=CCCCC1)C(=O)/C=C/c1ccc(C)cc1. The molecule has 4 nitrogen and oxygen atoms in total. The normalized spacial score (nSPS) is 14.1. The number of benzene rings is 1. The monoisotopic (exact) mass is 369 g/mol. The molecule has 1 aliphatic rings. The maximum absolute atomic E-state index is 12.7. The minimum absolute atomic E-state index is 0.0590. The van der Waals surface area contributed by atoms with Gasteiger partial charge in [0.05, 0.1) is 13.0 Å². The van der Waals surface area contributed by atoms with Crippen LogP contribution in [0.25, 0.3) is 6.08 Å². The van der Waals surface area contributed by atoms with E-state index < -0.39 is 0 Å². The molecule has 0 spiro atoms.